The highest BCUT2D eigenvalue weighted by molar-refractivity contribution is 5.86. The van der Waals surface area contributed by atoms with Crippen molar-refractivity contribution >= 4 is 17.7 Å². The minimum absolute atomic E-state index is 0.0191. The fraction of sp³-hybridized carbons (Fsp3) is 0.500. The lowest BCUT2D eigenvalue weighted by molar-refractivity contribution is -0.144. The average Bonchev–Trinajstić information content (AvgIpc) is 3.00. The first-order chi connectivity index (χ1) is 11.6. The maximum Gasteiger partial charge on any atom is 0.242 e. The zero-order valence-corrected chi connectivity index (χ0v) is 14.0. The number of nitrogens with zero attached hydrogens (tertiary/aromatic N) is 3. The summed E-state index contributed by atoms with van der Waals surface area (Å²) in [6, 6.07) is 9.66. The molecule has 0 spiro atoms. The molecule has 6 nitrogen and oxygen atoms in total. The minimum Gasteiger partial charge on any atom is -0.337 e. The molecule has 2 aliphatic rings. The van der Waals surface area contributed by atoms with Crippen molar-refractivity contribution in [2.24, 2.45) is 0 Å². The Bertz CT molecular complexity index is 632. The second-order valence-corrected chi connectivity index (χ2v) is 6.40. The number of hydrogen-bond donors (Lipinski definition) is 0. The molecule has 0 bridgehead atoms. The number of piperazine rings is 1. The van der Waals surface area contributed by atoms with Crippen LogP contribution in [0.15, 0.2) is 30.3 Å². The molecule has 2 saturated heterocycles. The average molecular weight is 329 g/mol. The van der Waals surface area contributed by atoms with Crippen LogP contribution in [0, 0.1) is 0 Å². The lowest BCUT2D eigenvalue weighted by atomic mass is 10.0. The molecule has 2 heterocycles. The molecule has 6 heteroatoms. The summed E-state index contributed by atoms with van der Waals surface area (Å²) >= 11 is 0. The van der Waals surface area contributed by atoms with E-state index in [9.17, 15) is 14.4 Å². The van der Waals surface area contributed by atoms with Crippen molar-refractivity contribution in [1.82, 2.24) is 14.7 Å². The number of likely N-dealkylation sites (tertiary alicyclic amines) is 1. The van der Waals surface area contributed by atoms with Gasteiger partial charge in [0.25, 0.3) is 0 Å². The molecule has 0 radical (unpaired) electrons. The van der Waals surface area contributed by atoms with Gasteiger partial charge in [-0.1, -0.05) is 30.3 Å². The summed E-state index contributed by atoms with van der Waals surface area (Å²) in [5.74, 6) is 0.0467. The quantitative estimate of drug-likeness (QED) is 0.832. The predicted molar refractivity (Wildman–Crippen MR) is 89.0 cm³/mol. The Kier molecular flexibility index (Phi) is 4.83. The molecular weight excluding hydrogens is 306 g/mol. The zero-order chi connectivity index (χ0) is 17.1. The largest absolute Gasteiger partial charge is 0.337 e. The van der Waals surface area contributed by atoms with E-state index in [1.165, 1.54) is 0 Å². The third kappa shape index (κ3) is 3.42. The van der Waals surface area contributed by atoms with Crippen LogP contribution in [0.25, 0.3) is 0 Å². The topological polar surface area (TPSA) is 60.9 Å². The Morgan fingerprint density at radius 2 is 1.88 bits per heavy atom. The molecule has 0 saturated carbocycles. The molecule has 3 amide bonds. The molecule has 0 aromatic heterocycles. The molecule has 128 valence electrons. The number of amides is 3. The van der Waals surface area contributed by atoms with Gasteiger partial charge in [-0.15, -0.1) is 0 Å². The van der Waals surface area contributed by atoms with Gasteiger partial charge in [-0.2, -0.15) is 0 Å². The lowest BCUT2D eigenvalue weighted by Crippen LogP contribution is -2.53. The summed E-state index contributed by atoms with van der Waals surface area (Å²) in [6.45, 7) is 3.90. The number of benzene rings is 1. The SMILES string of the molecule is CC(=O)N1CCN(C(=O)CN2CCCC2=O)CC1c1ccccc1. The first-order valence-electron chi connectivity index (χ1n) is 8.44. The Hall–Kier alpha value is -2.37. The Labute approximate surface area is 142 Å². The van der Waals surface area contributed by atoms with E-state index in [-0.39, 0.29) is 30.3 Å². The molecule has 0 aliphatic carbocycles. The Morgan fingerprint density at radius 3 is 2.50 bits per heavy atom. The normalized spacial score (nSPS) is 21.3. The molecule has 2 fully saturated rings. The van der Waals surface area contributed by atoms with E-state index in [1.54, 1.807) is 16.7 Å². The molecule has 1 unspecified atom stereocenters. The van der Waals surface area contributed by atoms with Crippen LogP contribution in [0.3, 0.4) is 0 Å². The van der Waals surface area contributed by atoms with Crippen molar-refractivity contribution in [3.05, 3.63) is 35.9 Å². The predicted octanol–water partition coefficient (Wildman–Crippen LogP) is 1.04. The van der Waals surface area contributed by atoms with Gasteiger partial charge in [-0.05, 0) is 12.0 Å². The summed E-state index contributed by atoms with van der Waals surface area (Å²) in [7, 11) is 0. The van der Waals surface area contributed by atoms with Crippen molar-refractivity contribution in [1.29, 1.82) is 0 Å². The molecule has 1 aromatic carbocycles. The van der Waals surface area contributed by atoms with E-state index in [0.29, 0.717) is 32.6 Å². The van der Waals surface area contributed by atoms with Crippen LogP contribution < -0.4 is 0 Å². The molecule has 24 heavy (non-hydrogen) atoms. The summed E-state index contributed by atoms with van der Waals surface area (Å²) < 4.78 is 0. The van der Waals surface area contributed by atoms with Crippen LogP contribution >= 0.6 is 0 Å². The van der Waals surface area contributed by atoms with Crippen LogP contribution in [0.1, 0.15) is 31.4 Å². The van der Waals surface area contributed by atoms with Gasteiger partial charge in [0.05, 0.1) is 12.6 Å². The number of carbonyl (C=O) groups excluding carboxylic acids is 3. The second kappa shape index (κ2) is 7.03. The monoisotopic (exact) mass is 329 g/mol. The van der Waals surface area contributed by atoms with Gasteiger partial charge in [0.1, 0.15) is 0 Å². The smallest absolute Gasteiger partial charge is 0.242 e. The summed E-state index contributed by atoms with van der Waals surface area (Å²) in [5.41, 5.74) is 1.03. The first kappa shape index (κ1) is 16.5. The first-order valence-corrected chi connectivity index (χ1v) is 8.44. The molecule has 3 rings (SSSR count). The molecule has 0 N–H and O–H groups in total. The van der Waals surface area contributed by atoms with Gasteiger partial charge in [0.15, 0.2) is 0 Å². The maximum absolute atomic E-state index is 12.6. The highest BCUT2D eigenvalue weighted by atomic mass is 16.2. The van der Waals surface area contributed by atoms with Crippen molar-refractivity contribution < 1.29 is 14.4 Å². The van der Waals surface area contributed by atoms with Gasteiger partial charge in [-0.25, -0.2) is 0 Å². The fourth-order valence-corrected chi connectivity index (χ4v) is 3.48. The van der Waals surface area contributed by atoms with Gasteiger partial charge in [-0.3, -0.25) is 14.4 Å². The molecule has 1 atom stereocenters. The van der Waals surface area contributed by atoms with Crippen LogP contribution in [0.2, 0.25) is 0 Å². The second-order valence-electron chi connectivity index (χ2n) is 6.40. The van der Waals surface area contributed by atoms with E-state index in [0.717, 1.165) is 12.0 Å². The Morgan fingerprint density at radius 1 is 1.12 bits per heavy atom. The Balaban J connectivity index is 1.71. The highest BCUT2D eigenvalue weighted by Gasteiger charge is 2.33. The number of rotatable bonds is 3. The third-order valence-electron chi connectivity index (χ3n) is 4.82. The van der Waals surface area contributed by atoms with Gasteiger partial charge >= 0.3 is 0 Å². The minimum atomic E-state index is -0.129. The van der Waals surface area contributed by atoms with Crippen LogP contribution in [0.5, 0.6) is 0 Å². The molecular formula is C18H23N3O3. The molecule has 2 aliphatic heterocycles. The fourth-order valence-electron chi connectivity index (χ4n) is 3.48. The van der Waals surface area contributed by atoms with Gasteiger partial charge < -0.3 is 14.7 Å². The zero-order valence-electron chi connectivity index (χ0n) is 14.0. The summed E-state index contributed by atoms with van der Waals surface area (Å²) in [4.78, 5) is 41.5. The standard InChI is InChI=1S/C18H23N3O3/c1-14(22)21-11-10-20(12-16(21)15-6-3-2-4-7-15)18(24)13-19-9-5-8-17(19)23/h2-4,6-7,16H,5,8-13H2,1H3. The number of hydrogen-bond acceptors (Lipinski definition) is 3. The van der Waals surface area contributed by atoms with Crippen molar-refractivity contribution in [2.45, 2.75) is 25.8 Å². The summed E-state index contributed by atoms with van der Waals surface area (Å²) in [6.07, 6.45) is 1.37. The van der Waals surface area contributed by atoms with Crippen molar-refractivity contribution in [3.63, 3.8) is 0 Å². The van der Waals surface area contributed by atoms with E-state index in [2.05, 4.69) is 0 Å². The van der Waals surface area contributed by atoms with Crippen LogP contribution in [-0.4, -0.2) is 65.1 Å². The van der Waals surface area contributed by atoms with Gasteiger partial charge in [0, 0.05) is 39.5 Å². The van der Waals surface area contributed by atoms with Crippen LogP contribution in [0.4, 0.5) is 0 Å². The van der Waals surface area contributed by atoms with E-state index in [1.807, 2.05) is 35.2 Å². The lowest BCUT2D eigenvalue weighted by Gasteiger charge is -2.41. The van der Waals surface area contributed by atoms with Crippen molar-refractivity contribution in [3.8, 4) is 0 Å². The third-order valence-corrected chi connectivity index (χ3v) is 4.82. The van der Waals surface area contributed by atoms with Crippen LogP contribution in [-0.2, 0) is 14.4 Å². The molecule has 1 aromatic rings. The number of carbonyl (C=O) groups is 3. The van der Waals surface area contributed by atoms with E-state index < -0.39 is 0 Å². The highest BCUT2D eigenvalue weighted by Crippen LogP contribution is 2.25. The van der Waals surface area contributed by atoms with Crippen molar-refractivity contribution in [2.75, 3.05) is 32.7 Å². The van der Waals surface area contributed by atoms with E-state index >= 15 is 0 Å². The summed E-state index contributed by atoms with van der Waals surface area (Å²) in [5, 5.41) is 0. The maximum atomic E-state index is 12.6. The van der Waals surface area contributed by atoms with Gasteiger partial charge in [0.2, 0.25) is 17.7 Å². The van der Waals surface area contributed by atoms with E-state index in [4.69, 9.17) is 0 Å².